The molecule has 4 nitrogen and oxygen atoms in total. The number of nitrogens with zero attached hydrogens (tertiary/aromatic N) is 1. The molecule has 4 heteroatoms. The maximum Gasteiger partial charge on any atom is 0.306 e. The van der Waals surface area contributed by atoms with Crippen LogP contribution in [0.4, 0.5) is 5.69 Å². The third-order valence-electron chi connectivity index (χ3n) is 3.42. The minimum absolute atomic E-state index is 0.00981. The Bertz CT molecular complexity index is 484. The van der Waals surface area contributed by atoms with Crippen LogP contribution < -0.4 is 4.90 Å². The predicted octanol–water partition coefficient (Wildman–Crippen LogP) is 2.17. The van der Waals surface area contributed by atoms with Crippen LogP contribution in [0.3, 0.4) is 0 Å². The van der Waals surface area contributed by atoms with Gasteiger partial charge in [0.25, 0.3) is 0 Å². The number of anilines is 1. The summed E-state index contributed by atoms with van der Waals surface area (Å²) in [5, 5.41) is 0. The van der Waals surface area contributed by atoms with Crippen LogP contribution in [0, 0.1) is 5.92 Å². The number of fused-ring (bicyclic) bond motifs is 1. The summed E-state index contributed by atoms with van der Waals surface area (Å²) in [4.78, 5) is 25.2. The molecule has 1 aliphatic heterocycles. The molecule has 1 aromatic rings. The van der Waals surface area contributed by atoms with E-state index in [0.29, 0.717) is 5.92 Å². The number of amides is 1. The molecule has 1 aliphatic rings. The maximum absolute atomic E-state index is 12.2. The van der Waals surface area contributed by atoms with E-state index in [4.69, 9.17) is 0 Å². The van der Waals surface area contributed by atoms with Gasteiger partial charge in [-0.3, -0.25) is 9.59 Å². The largest absolute Gasteiger partial charge is 0.469 e. The van der Waals surface area contributed by atoms with Crippen LogP contribution in [0.2, 0.25) is 0 Å². The Morgan fingerprint density at radius 1 is 1.32 bits per heavy atom. The van der Waals surface area contributed by atoms with Crippen LogP contribution in [0.25, 0.3) is 0 Å². The number of carbonyl (C=O) groups excluding carboxylic acids is 2. The van der Waals surface area contributed by atoms with Gasteiger partial charge in [0.15, 0.2) is 0 Å². The van der Waals surface area contributed by atoms with Gasteiger partial charge in [0.05, 0.1) is 13.5 Å². The summed E-state index contributed by atoms with van der Waals surface area (Å²) < 4.78 is 4.57. The standard InChI is InChI=1S/C15H19NO3/c1-11-9-12-5-3-4-6-13(12)16(10-11)14(17)7-8-15(18)19-2/h3-6,11H,7-10H2,1-2H3/t11-/m0/s1. The zero-order chi connectivity index (χ0) is 13.8. The second-order valence-corrected chi connectivity index (χ2v) is 5.02. The predicted molar refractivity (Wildman–Crippen MR) is 72.9 cm³/mol. The average Bonchev–Trinajstić information content (AvgIpc) is 2.43. The van der Waals surface area contributed by atoms with Crippen molar-refractivity contribution in [2.24, 2.45) is 5.92 Å². The van der Waals surface area contributed by atoms with E-state index in [1.807, 2.05) is 18.2 Å². The molecule has 0 aliphatic carbocycles. The second kappa shape index (κ2) is 5.87. The lowest BCUT2D eigenvalue weighted by Crippen LogP contribution is -2.39. The zero-order valence-electron chi connectivity index (χ0n) is 11.4. The lowest BCUT2D eigenvalue weighted by molar-refractivity contribution is -0.141. The quantitative estimate of drug-likeness (QED) is 0.783. The van der Waals surface area contributed by atoms with Gasteiger partial charge < -0.3 is 9.64 Å². The van der Waals surface area contributed by atoms with Crippen LogP contribution >= 0.6 is 0 Å². The van der Waals surface area contributed by atoms with Crippen molar-refractivity contribution in [3.63, 3.8) is 0 Å². The highest BCUT2D eigenvalue weighted by Gasteiger charge is 2.26. The number of benzene rings is 1. The number of rotatable bonds is 3. The number of hydrogen-bond donors (Lipinski definition) is 0. The molecule has 1 heterocycles. The highest BCUT2D eigenvalue weighted by Crippen LogP contribution is 2.29. The van der Waals surface area contributed by atoms with Crippen LogP contribution in [-0.2, 0) is 20.7 Å². The van der Waals surface area contributed by atoms with Crippen molar-refractivity contribution in [2.45, 2.75) is 26.2 Å². The first kappa shape index (κ1) is 13.6. The number of para-hydroxylation sites is 1. The van der Waals surface area contributed by atoms with E-state index in [9.17, 15) is 9.59 Å². The van der Waals surface area contributed by atoms with E-state index in [-0.39, 0.29) is 24.7 Å². The van der Waals surface area contributed by atoms with Crippen molar-refractivity contribution in [3.8, 4) is 0 Å². The Hall–Kier alpha value is -1.84. The summed E-state index contributed by atoms with van der Waals surface area (Å²) in [5.74, 6) is 0.0908. The summed E-state index contributed by atoms with van der Waals surface area (Å²) in [7, 11) is 1.34. The van der Waals surface area contributed by atoms with Crippen molar-refractivity contribution in [3.05, 3.63) is 29.8 Å². The molecule has 1 aromatic carbocycles. The molecule has 0 fully saturated rings. The SMILES string of the molecule is COC(=O)CCC(=O)N1C[C@@H](C)Cc2ccccc21. The lowest BCUT2D eigenvalue weighted by Gasteiger charge is -2.33. The van der Waals surface area contributed by atoms with Gasteiger partial charge in [0.1, 0.15) is 0 Å². The molecule has 19 heavy (non-hydrogen) atoms. The number of ether oxygens (including phenoxy) is 1. The molecule has 1 atom stereocenters. The first-order valence-electron chi connectivity index (χ1n) is 6.57. The number of carbonyl (C=O) groups is 2. The number of esters is 1. The molecule has 102 valence electrons. The minimum Gasteiger partial charge on any atom is -0.469 e. The molecule has 0 bridgehead atoms. The van der Waals surface area contributed by atoms with E-state index in [0.717, 1.165) is 18.7 Å². The van der Waals surface area contributed by atoms with Gasteiger partial charge in [-0.1, -0.05) is 25.1 Å². The van der Waals surface area contributed by atoms with Gasteiger partial charge in [-0.25, -0.2) is 0 Å². The monoisotopic (exact) mass is 261 g/mol. The summed E-state index contributed by atoms with van der Waals surface area (Å²) in [6.45, 7) is 2.85. The van der Waals surface area contributed by atoms with Crippen LogP contribution in [-0.4, -0.2) is 25.5 Å². The Kier molecular flexibility index (Phi) is 4.20. The lowest BCUT2D eigenvalue weighted by atomic mass is 9.93. The van der Waals surface area contributed by atoms with Crippen molar-refractivity contribution in [1.29, 1.82) is 0 Å². The molecular weight excluding hydrogens is 242 g/mol. The fourth-order valence-electron chi connectivity index (χ4n) is 2.48. The Labute approximate surface area is 113 Å². The van der Waals surface area contributed by atoms with Gasteiger partial charge >= 0.3 is 5.97 Å². The highest BCUT2D eigenvalue weighted by molar-refractivity contribution is 5.96. The molecule has 0 N–H and O–H groups in total. The van der Waals surface area contributed by atoms with Crippen molar-refractivity contribution < 1.29 is 14.3 Å². The third kappa shape index (κ3) is 3.13. The van der Waals surface area contributed by atoms with Gasteiger partial charge in [0, 0.05) is 18.7 Å². The molecule has 0 unspecified atom stereocenters. The van der Waals surface area contributed by atoms with Crippen LogP contribution in [0.15, 0.2) is 24.3 Å². The highest BCUT2D eigenvalue weighted by atomic mass is 16.5. The van der Waals surface area contributed by atoms with Gasteiger partial charge in [-0.15, -0.1) is 0 Å². The molecule has 0 radical (unpaired) electrons. The van der Waals surface area contributed by atoms with E-state index >= 15 is 0 Å². The van der Waals surface area contributed by atoms with Crippen molar-refractivity contribution in [1.82, 2.24) is 0 Å². The summed E-state index contributed by atoms with van der Waals surface area (Å²) in [6.07, 6.45) is 1.34. The van der Waals surface area contributed by atoms with Gasteiger partial charge in [0.2, 0.25) is 5.91 Å². The molecule has 0 saturated carbocycles. The van der Waals surface area contributed by atoms with Crippen LogP contribution in [0.5, 0.6) is 0 Å². The number of methoxy groups -OCH3 is 1. The Morgan fingerprint density at radius 2 is 2.05 bits per heavy atom. The van der Waals surface area contributed by atoms with Crippen LogP contribution in [0.1, 0.15) is 25.3 Å². The first-order valence-corrected chi connectivity index (χ1v) is 6.57. The van der Waals surface area contributed by atoms with E-state index in [1.165, 1.54) is 12.7 Å². The van der Waals surface area contributed by atoms with Gasteiger partial charge in [-0.2, -0.15) is 0 Å². The third-order valence-corrected chi connectivity index (χ3v) is 3.42. The van der Waals surface area contributed by atoms with E-state index in [2.05, 4.69) is 17.7 Å². The summed E-state index contributed by atoms with van der Waals surface area (Å²) in [5.41, 5.74) is 2.18. The normalized spacial score (nSPS) is 17.8. The zero-order valence-corrected chi connectivity index (χ0v) is 11.4. The van der Waals surface area contributed by atoms with E-state index < -0.39 is 0 Å². The minimum atomic E-state index is -0.341. The van der Waals surface area contributed by atoms with E-state index in [1.54, 1.807) is 4.90 Å². The molecule has 0 saturated heterocycles. The molecule has 0 spiro atoms. The smallest absolute Gasteiger partial charge is 0.306 e. The summed E-state index contributed by atoms with van der Waals surface area (Å²) in [6, 6.07) is 7.96. The van der Waals surface area contributed by atoms with Gasteiger partial charge in [-0.05, 0) is 24.0 Å². The molecular formula is C15H19NO3. The second-order valence-electron chi connectivity index (χ2n) is 5.02. The molecule has 2 rings (SSSR count). The summed E-state index contributed by atoms with van der Waals surface area (Å²) >= 11 is 0. The fraction of sp³-hybridized carbons (Fsp3) is 0.467. The van der Waals surface area contributed by atoms with Crippen molar-refractivity contribution >= 4 is 17.6 Å². The maximum atomic E-state index is 12.2. The average molecular weight is 261 g/mol. The Morgan fingerprint density at radius 3 is 2.79 bits per heavy atom. The first-order chi connectivity index (χ1) is 9.11. The fourth-order valence-corrected chi connectivity index (χ4v) is 2.48. The van der Waals surface area contributed by atoms with Crippen molar-refractivity contribution in [2.75, 3.05) is 18.6 Å². The molecule has 0 aromatic heterocycles. The molecule has 1 amide bonds. The topological polar surface area (TPSA) is 46.6 Å². The number of hydrogen-bond acceptors (Lipinski definition) is 3. The Balaban J connectivity index is 2.11.